The van der Waals surface area contributed by atoms with Crippen molar-refractivity contribution < 1.29 is 9.90 Å². The number of carboxylic acid groups (broad SMARTS) is 1. The summed E-state index contributed by atoms with van der Waals surface area (Å²) < 4.78 is 0. The van der Waals surface area contributed by atoms with Gasteiger partial charge in [0.15, 0.2) is 5.54 Å². The highest BCUT2D eigenvalue weighted by Gasteiger charge is 2.35. The fourth-order valence-electron chi connectivity index (χ4n) is 2.43. The maximum atomic E-state index is 11.9. The summed E-state index contributed by atoms with van der Waals surface area (Å²) >= 11 is 0. The second-order valence-electron chi connectivity index (χ2n) is 5.62. The third-order valence-corrected chi connectivity index (χ3v) is 3.64. The molecule has 0 aliphatic rings. The maximum absolute atomic E-state index is 11.9. The number of nitrogens with zero attached hydrogens (tertiary/aromatic N) is 1. The fourth-order valence-corrected chi connectivity index (χ4v) is 2.43. The molecule has 0 aliphatic carbocycles. The van der Waals surface area contributed by atoms with E-state index in [4.69, 9.17) is 5.26 Å². The topological polar surface area (TPSA) is 73.1 Å². The van der Waals surface area contributed by atoms with Crippen LogP contribution in [0, 0.1) is 25.2 Å². The lowest BCUT2D eigenvalue weighted by Crippen LogP contribution is -2.40. The molecule has 2 rings (SSSR count). The number of aliphatic carboxylic acids is 1. The monoisotopic (exact) mass is 294 g/mol. The van der Waals surface area contributed by atoms with Crippen LogP contribution < -0.4 is 5.32 Å². The minimum atomic E-state index is -1.25. The van der Waals surface area contributed by atoms with Crippen LogP contribution in [0.15, 0.2) is 42.5 Å². The average Bonchev–Trinajstić information content (AvgIpc) is 2.46. The molecule has 0 aliphatic heterocycles. The number of rotatable bonds is 4. The SMILES string of the molecule is Cc1cc(C)cc(C(C)(Nc2ccc(C#N)cc2)C(=O)O)c1. The molecule has 0 aromatic heterocycles. The van der Waals surface area contributed by atoms with Crippen molar-refractivity contribution in [3.8, 4) is 6.07 Å². The van der Waals surface area contributed by atoms with Gasteiger partial charge >= 0.3 is 5.97 Å². The van der Waals surface area contributed by atoms with Gasteiger partial charge in [0.1, 0.15) is 0 Å². The van der Waals surface area contributed by atoms with Gasteiger partial charge in [-0.3, -0.25) is 0 Å². The highest BCUT2D eigenvalue weighted by molar-refractivity contribution is 5.84. The van der Waals surface area contributed by atoms with Gasteiger partial charge in [0.25, 0.3) is 0 Å². The lowest BCUT2D eigenvalue weighted by Gasteiger charge is -2.28. The fraction of sp³-hybridized carbons (Fsp3) is 0.222. The number of hydrogen-bond acceptors (Lipinski definition) is 3. The Morgan fingerprint density at radius 1 is 1.14 bits per heavy atom. The Balaban J connectivity index is 2.43. The van der Waals surface area contributed by atoms with Crippen molar-refractivity contribution in [1.82, 2.24) is 0 Å². The molecule has 0 saturated heterocycles. The largest absolute Gasteiger partial charge is 0.479 e. The van der Waals surface area contributed by atoms with Crippen LogP contribution in [0.3, 0.4) is 0 Å². The number of aryl methyl sites for hydroxylation is 2. The molecule has 1 atom stereocenters. The average molecular weight is 294 g/mol. The number of nitriles is 1. The molecular formula is C18H18N2O2. The van der Waals surface area contributed by atoms with Crippen LogP contribution in [0.25, 0.3) is 0 Å². The summed E-state index contributed by atoms with van der Waals surface area (Å²) in [4.78, 5) is 11.9. The molecule has 112 valence electrons. The van der Waals surface area contributed by atoms with E-state index >= 15 is 0 Å². The number of carboxylic acids is 1. The quantitative estimate of drug-likeness (QED) is 0.903. The maximum Gasteiger partial charge on any atom is 0.333 e. The molecule has 2 aromatic rings. The molecule has 0 fully saturated rings. The van der Waals surface area contributed by atoms with Crippen molar-refractivity contribution in [1.29, 1.82) is 5.26 Å². The minimum absolute atomic E-state index is 0.536. The second kappa shape index (κ2) is 5.90. The summed E-state index contributed by atoms with van der Waals surface area (Å²) in [6.45, 7) is 5.53. The van der Waals surface area contributed by atoms with E-state index in [1.807, 2.05) is 38.1 Å². The van der Waals surface area contributed by atoms with Crippen LogP contribution >= 0.6 is 0 Å². The van der Waals surface area contributed by atoms with Crippen molar-refractivity contribution in [3.05, 3.63) is 64.7 Å². The minimum Gasteiger partial charge on any atom is -0.479 e. The van der Waals surface area contributed by atoms with Crippen LogP contribution in [-0.2, 0) is 10.3 Å². The first-order valence-electron chi connectivity index (χ1n) is 6.95. The molecule has 2 aromatic carbocycles. The Labute approximate surface area is 130 Å². The lowest BCUT2D eigenvalue weighted by molar-refractivity contribution is -0.142. The van der Waals surface area contributed by atoms with E-state index in [2.05, 4.69) is 5.32 Å². The molecule has 1 unspecified atom stereocenters. The van der Waals surface area contributed by atoms with Gasteiger partial charge in [-0.2, -0.15) is 5.26 Å². The second-order valence-corrected chi connectivity index (χ2v) is 5.62. The Kier molecular flexibility index (Phi) is 4.18. The first-order valence-corrected chi connectivity index (χ1v) is 6.95. The van der Waals surface area contributed by atoms with E-state index in [9.17, 15) is 9.90 Å². The van der Waals surface area contributed by atoms with Gasteiger partial charge in [0.05, 0.1) is 11.6 Å². The summed E-state index contributed by atoms with van der Waals surface area (Å²) in [5, 5.41) is 21.6. The van der Waals surface area contributed by atoms with E-state index in [-0.39, 0.29) is 0 Å². The van der Waals surface area contributed by atoms with Gasteiger partial charge in [-0.1, -0.05) is 29.3 Å². The van der Waals surface area contributed by atoms with Crippen molar-refractivity contribution in [2.24, 2.45) is 0 Å². The van der Waals surface area contributed by atoms with Crippen molar-refractivity contribution >= 4 is 11.7 Å². The van der Waals surface area contributed by atoms with Gasteiger partial charge in [0, 0.05) is 5.69 Å². The molecule has 4 heteroatoms. The molecule has 0 amide bonds. The van der Waals surface area contributed by atoms with E-state index in [1.165, 1.54) is 0 Å². The van der Waals surface area contributed by atoms with Crippen LogP contribution in [-0.4, -0.2) is 11.1 Å². The van der Waals surface area contributed by atoms with Crippen molar-refractivity contribution in [2.45, 2.75) is 26.3 Å². The van der Waals surface area contributed by atoms with E-state index in [0.717, 1.165) is 11.1 Å². The van der Waals surface area contributed by atoms with E-state index < -0.39 is 11.5 Å². The number of nitrogens with one attached hydrogen (secondary N) is 1. The number of carbonyl (C=O) groups is 1. The summed E-state index contributed by atoms with van der Waals surface area (Å²) in [6, 6.07) is 14.5. The van der Waals surface area contributed by atoms with Crippen LogP contribution in [0.4, 0.5) is 5.69 Å². The zero-order valence-corrected chi connectivity index (χ0v) is 12.8. The molecule has 0 heterocycles. The molecule has 4 nitrogen and oxygen atoms in total. The van der Waals surface area contributed by atoms with Crippen molar-refractivity contribution in [3.63, 3.8) is 0 Å². The van der Waals surface area contributed by atoms with Gasteiger partial charge in [0.2, 0.25) is 0 Å². The Morgan fingerprint density at radius 2 is 1.68 bits per heavy atom. The van der Waals surface area contributed by atoms with E-state index in [0.29, 0.717) is 16.8 Å². The Bertz CT molecular complexity index is 724. The molecule has 0 radical (unpaired) electrons. The molecular weight excluding hydrogens is 276 g/mol. The van der Waals surface area contributed by atoms with Crippen LogP contribution in [0.5, 0.6) is 0 Å². The first-order chi connectivity index (χ1) is 10.3. The zero-order chi connectivity index (χ0) is 16.3. The number of hydrogen-bond donors (Lipinski definition) is 2. The normalized spacial score (nSPS) is 13.0. The van der Waals surface area contributed by atoms with Gasteiger partial charge in [-0.15, -0.1) is 0 Å². The molecule has 0 saturated carbocycles. The highest BCUT2D eigenvalue weighted by Crippen LogP contribution is 2.28. The van der Waals surface area contributed by atoms with Crippen LogP contribution in [0.1, 0.15) is 29.2 Å². The molecule has 0 spiro atoms. The van der Waals surface area contributed by atoms with Gasteiger partial charge in [-0.05, 0) is 50.6 Å². The number of anilines is 1. The highest BCUT2D eigenvalue weighted by atomic mass is 16.4. The zero-order valence-electron chi connectivity index (χ0n) is 12.8. The summed E-state index contributed by atoms with van der Waals surface area (Å²) in [7, 11) is 0. The Morgan fingerprint density at radius 3 is 2.14 bits per heavy atom. The number of benzene rings is 2. The van der Waals surface area contributed by atoms with Gasteiger partial charge in [-0.25, -0.2) is 4.79 Å². The molecule has 0 bridgehead atoms. The van der Waals surface area contributed by atoms with Crippen LogP contribution in [0.2, 0.25) is 0 Å². The van der Waals surface area contributed by atoms with Crippen molar-refractivity contribution in [2.75, 3.05) is 5.32 Å². The predicted molar refractivity (Wildman–Crippen MR) is 85.7 cm³/mol. The van der Waals surface area contributed by atoms with Gasteiger partial charge < -0.3 is 10.4 Å². The summed E-state index contributed by atoms with van der Waals surface area (Å²) in [5.74, 6) is -0.957. The standard InChI is InChI=1S/C18H18N2O2/c1-12-8-13(2)10-15(9-12)18(3,17(21)22)20-16-6-4-14(11-19)5-7-16/h4-10,20H,1-3H3,(H,21,22). The Hall–Kier alpha value is -2.80. The summed E-state index contributed by atoms with van der Waals surface area (Å²) in [5.41, 5.74) is 2.68. The third kappa shape index (κ3) is 3.09. The molecule has 22 heavy (non-hydrogen) atoms. The third-order valence-electron chi connectivity index (χ3n) is 3.64. The first kappa shape index (κ1) is 15.6. The predicted octanol–water partition coefficient (Wildman–Crippen LogP) is 3.59. The smallest absolute Gasteiger partial charge is 0.333 e. The lowest BCUT2D eigenvalue weighted by atomic mass is 9.89. The van der Waals surface area contributed by atoms with E-state index in [1.54, 1.807) is 31.2 Å². The summed E-state index contributed by atoms with van der Waals surface area (Å²) in [6.07, 6.45) is 0. The molecule has 2 N–H and O–H groups in total.